The number of hydrogen-bond acceptors (Lipinski definition) is 3. The Hall–Kier alpha value is -2.49. The summed E-state index contributed by atoms with van der Waals surface area (Å²) in [5.41, 5.74) is 3.27. The molecule has 0 radical (unpaired) electrons. The second kappa shape index (κ2) is 8.39. The second-order valence-electron chi connectivity index (χ2n) is 5.90. The summed E-state index contributed by atoms with van der Waals surface area (Å²) < 4.78 is 11.0. The number of hydrogen-bond donors (Lipinski definition) is 1. The average molecular weight is 327 g/mol. The van der Waals surface area contributed by atoms with Crippen LogP contribution in [0.4, 0.5) is 0 Å². The third-order valence-electron chi connectivity index (χ3n) is 3.76. The van der Waals surface area contributed by atoms with E-state index in [4.69, 9.17) is 9.47 Å². The largest absolute Gasteiger partial charge is 0.497 e. The Kier molecular flexibility index (Phi) is 6.24. The van der Waals surface area contributed by atoms with E-state index >= 15 is 0 Å². The molecular formula is C20H25NO3. The third kappa shape index (κ3) is 5.01. The van der Waals surface area contributed by atoms with Crippen molar-refractivity contribution >= 4 is 5.91 Å². The summed E-state index contributed by atoms with van der Waals surface area (Å²) in [7, 11) is 1.63. The number of amides is 1. The van der Waals surface area contributed by atoms with Crippen LogP contribution in [0.1, 0.15) is 30.0 Å². The van der Waals surface area contributed by atoms with Crippen LogP contribution in [0.15, 0.2) is 42.5 Å². The number of aryl methyl sites for hydroxylation is 2. The van der Waals surface area contributed by atoms with Gasteiger partial charge in [0, 0.05) is 6.54 Å². The smallest absolute Gasteiger partial charge is 0.261 e. The van der Waals surface area contributed by atoms with Gasteiger partial charge in [0.2, 0.25) is 0 Å². The Morgan fingerprint density at radius 2 is 1.67 bits per heavy atom. The molecule has 1 N–H and O–H groups in total. The van der Waals surface area contributed by atoms with Crippen molar-refractivity contribution in [2.75, 3.05) is 7.11 Å². The average Bonchev–Trinajstić information content (AvgIpc) is 2.57. The maximum Gasteiger partial charge on any atom is 0.261 e. The quantitative estimate of drug-likeness (QED) is 0.842. The first-order chi connectivity index (χ1) is 11.5. The van der Waals surface area contributed by atoms with Crippen LogP contribution in [0, 0.1) is 13.8 Å². The zero-order chi connectivity index (χ0) is 17.5. The van der Waals surface area contributed by atoms with Crippen LogP contribution in [-0.2, 0) is 11.3 Å². The molecule has 0 aliphatic rings. The minimum absolute atomic E-state index is 0.104. The van der Waals surface area contributed by atoms with Gasteiger partial charge in [-0.15, -0.1) is 0 Å². The van der Waals surface area contributed by atoms with Crippen LogP contribution < -0.4 is 14.8 Å². The molecule has 2 rings (SSSR count). The lowest BCUT2D eigenvalue weighted by Crippen LogP contribution is -2.37. The lowest BCUT2D eigenvalue weighted by atomic mass is 10.1. The number of nitrogens with one attached hydrogen (secondary N) is 1. The molecule has 2 aromatic carbocycles. The topological polar surface area (TPSA) is 47.6 Å². The minimum atomic E-state index is -0.496. The molecule has 0 saturated heterocycles. The van der Waals surface area contributed by atoms with E-state index in [2.05, 4.69) is 11.4 Å². The molecule has 4 heteroatoms. The molecule has 1 amide bonds. The van der Waals surface area contributed by atoms with Crippen molar-refractivity contribution in [1.82, 2.24) is 5.32 Å². The molecule has 4 nitrogen and oxygen atoms in total. The van der Waals surface area contributed by atoms with Gasteiger partial charge in [-0.3, -0.25) is 4.79 Å². The normalized spacial score (nSPS) is 11.7. The first kappa shape index (κ1) is 17.9. The lowest BCUT2D eigenvalue weighted by Gasteiger charge is -2.18. The molecular weight excluding hydrogens is 302 g/mol. The van der Waals surface area contributed by atoms with Gasteiger partial charge < -0.3 is 14.8 Å². The van der Waals surface area contributed by atoms with Crippen molar-refractivity contribution in [3.05, 3.63) is 59.2 Å². The minimum Gasteiger partial charge on any atom is -0.497 e. The highest BCUT2D eigenvalue weighted by Crippen LogP contribution is 2.18. The number of rotatable bonds is 7. The van der Waals surface area contributed by atoms with Crippen LogP contribution in [0.3, 0.4) is 0 Å². The highest BCUT2D eigenvalue weighted by atomic mass is 16.5. The fourth-order valence-electron chi connectivity index (χ4n) is 2.53. The molecule has 0 saturated carbocycles. The first-order valence-electron chi connectivity index (χ1n) is 8.17. The van der Waals surface area contributed by atoms with E-state index in [0.717, 1.165) is 28.2 Å². The lowest BCUT2D eigenvalue weighted by molar-refractivity contribution is -0.128. The van der Waals surface area contributed by atoms with Gasteiger partial charge in [-0.05, 0) is 61.2 Å². The second-order valence-corrected chi connectivity index (χ2v) is 5.90. The molecule has 0 aromatic heterocycles. The summed E-state index contributed by atoms with van der Waals surface area (Å²) in [6.07, 6.45) is 0.117. The van der Waals surface area contributed by atoms with E-state index < -0.39 is 6.10 Å². The molecule has 1 atom stereocenters. The standard InChI is InChI=1S/C20H25NO3/c1-5-19(24-18-11-14(2)10-15(3)12-18)20(22)21-13-16-6-8-17(23-4)9-7-16/h6-12,19H,5,13H2,1-4H3,(H,21,22). The van der Waals surface area contributed by atoms with Crippen molar-refractivity contribution in [2.45, 2.75) is 39.8 Å². The Labute approximate surface area is 143 Å². The van der Waals surface area contributed by atoms with Crippen molar-refractivity contribution in [1.29, 1.82) is 0 Å². The zero-order valence-corrected chi connectivity index (χ0v) is 14.8. The molecule has 0 spiro atoms. The summed E-state index contributed by atoms with van der Waals surface area (Å²) in [5, 5.41) is 2.93. The predicted octanol–water partition coefficient (Wildman–Crippen LogP) is 3.79. The van der Waals surface area contributed by atoms with Gasteiger partial charge in [0.1, 0.15) is 11.5 Å². The van der Waals surface area contributed by atoms with Crippen LogP contribution in [0.25, 0.3) is 0 Å². The Bertz CT molecular complexity index is 660. The Morgan fingerprint density at radius 1 is 1.04 bits per heavy atom. The summed E-state index contributed by atoms with van der Waals surface area (Å²) in [5.74, 6) is 1.43. The van der Waals surface area contributed by atoms with E-state index in [9.17, 15) is 4.79 Å². The van der Waals surface area contributed by atoms with Gasteiger partial charge in [0.15, 0.2) is 6.10 Å². The summed E-state index contributed by atoms with van der Waals surface area (Å²) >= 11 is 0. The third-order valence-corrected chi connectivity index (χ3v) is 3.76. The van der Waals surface area contributed by atoms with Crippen LogP contribution in [-0.4, -0.2) is 19.1 Å². The number of carbonyl (C=O) groups excluding carboxylic acids is 1. The number of benzene rings is 2. The zero-order valence-electron chi connectivity index (χ0n) is 14.8. The highest BCUT2D eigenvalue weighted by molar-refractivity contribution is 5.81. The maximum atomic E-state index is 12.4. The molecule has 24 heavy (non-hydrogen) atoms. The van der Waals surface area contributed by atoms with Gasteiger partial charge in [0.05, 0.1) is 7.11 Å². The monoisotopic (exact) mass is 327 g/mol. The Balaban J connectivity index is 1.95. The van der Waals surface area contributed by atoms with Crippen LogP contribution in [0.5, 0.6) is 11.5 Å². The fourth-order valence-corrected chi connectivity index (χ4v) is 2.53. The van der Waals surface area contributed by atoms with E-state index in [1.807, 2.05) is 57.2 Å². The van der Waals surface area contributed by atoms with E-state index in [1.165, 1.54) is 0 Å². The summed E-state index contributed by atoms with van der Waals surface area (Å²) in [4.78, 5) is 12.4. The van der Waals surface area contributed by atoms with Crippen LogP contribution in [0.2, 0.25) is 0 Å². The fraction of sp³-hybridized carbons (Fsp3) is 0.350. The van der Waals surface area contributed by atoms with Crippen LogP contribution >= 0.6 is 0 Å². The molecule has 2 aromatic rings. The number of methoxy groups -OCH3 is 1. The van der Waals surface area contributed by atoms with Crippen molar-refractivity contribution in [3.8, 4) is 11.5 Å². The predicted molar refractivity (Wildman–Crippen MR) is 95.5 cm³/mol. The summed E-state index contributed by atoms with van der Waals surface area (Å²) in [6, 6.07) is 13.6. The van der Waals surface area contributed by atoms with Gasteiger partial charge in [0.25, 0.3) is 5.91 Å². The van der Waals surface area contributed by atoms with E-state index in [1.54, 1.807) is 7.11 Å². The van der Waals surface area contributed by atoms with Gasteiger partial charge in [-0.1, -0.05) is 25.1 Å². The van der Waals surface area contributed by atoms with E-state index in [-0.39, 0.29) is 5.91 Å². The van der Waals surface area contributed by atoms with Gasteiger partial charge in [-0.2, -0.15) is 0 Å². The molecule has 0 bridgehead atoms. The molecule has 0 aliphatic carbocycles. The number of ether oxygens (including phenoxy) is 2. The molecule has 0 aliphatic heterocycles. The van der Waals surface area contributed by atoms with E-state index in [0.29, 0.717) is 13.0 Å². The first-order valence-corrected chi connectivity index (χ1v) is 8.17. The van der Waals surface area contributed by atoms with Gasteiger partial charge >= 0.3 is 0 Å². The Morgan fingerprint density at radius 3 is 2.21 bits per heavy atom. The van der Waals surface area contributed by atoms with Crippen molar-refractivity contribution < 1.29 is 14.3 Å². The SMILES string of the molecule is CCC(Oc1cc(C)cc(C)c1)C(=O)NCc1ccc(OC)cc1. The summed E-state index contributed by atoms with van der Waals surface area (Å²) in [6.45, 7) is 6.45. The molecule has 0 fully saturated rings. The van der Waals surface area contributed by atoms with Crippen molar-refractivity contribution in [3.63, 3.8) is 0 Å². The highest BCUT2D eigenvalue weighted by Gasteiger charge is 2.18. The van der Waals surface area contributed by atoms with Gasteiger partial charge in [-0.25, -0.2) is 0 Å². The molecule has 1 unspecified atom stereocenters. The maximum absolute atomic E-state index is 12.4. The molecule has 0 heterocycles. The van der Waals surface area contributed by atoms with Crippen molar-refractivity contribution in [2.24, 2.45) is 0 Å². The number of carbonyl (C=O) groups is 1. The molecule has 128 valence electrons.